The number of carboxylic acids is 1. The van der Waals surface area contributed by atoms with Crippen LogP contribution in [-0.2, 0) is 17.4 Å². The fraction of sp³-hybridized carbons (Fsp3) is 0.250. The third-order valence-electron chi connectivity index (χ3n) is 6.30. The van der Waals surface area contributed by atoms with Crippen LogP contribution in [-0.4, -0.2) is 38.7 Å². The predicted molar refractivity (Wildman–Crippen MR) is 147 cm³/mol. The van der Waals surface area contributed by atoms with E-state index in [2.05, 4.69) is 20.6 Å². The number of aryl methyl sites for hydroxylation is 1. The number of aromatic nitrogens is 2. The first-order valence-electron chi connectivity index (χ1n) is 12.5. The molecule has 0 atom stereocenters. The van der Waals surface area contributed by atoms with Gasteiger partial charge in [-0.1, -0.05) is 23.7 Å². The molecule has 0 fully saturated rings. The van der Waals surface area contributed by atoms with Crippen LogP contribution in [0.5, 0.6) is 5.75 Å². The molecule has 0 aliphatic carbocycles. The second kappa shape index (κ2) is 11.5. The number of para-hydroxylation sites is 1. The van der Waals surface area contributed by atoms with E-state index in [9.17, 15) is 35.5 Å². The van der Waals surface area contributed by atoms with E-state index in [4.69, 9.17) is 26.2 Å². The lowest BCUT2D eigenvalue weighted by Gasteiger charge is -2.18. The number of fused-ring (bicyclic) bond motifs is 3. The van der Waals surface area contributed by atoms with E-state index in [1.54, 1.807) is 6.07 Å². The quantitative estimate of drug-likeness (QED) is 0.167. The number of carbonyl (C=O) groups excluding carboxylic acids is 1. The molecular weight excluding hydrogens is 625 g/mol. The van der Waals surface area contributed by atoms with Crippen molar-refractivity contribution in [3.63, 3.8) is 0 Å². The Morgan fingerprint density at radius 2 is 1.75 bits per heavy atom. The van der Waals surface area contributed by atoms with Gasteiger partial charge >= 0.3 is 18.3 Å². The van der Waals surface area contributed by atoms with E-state index in [-0.39, 0.29) is 11.3 Å². The average Bonchev–Trinajstić information content (AvgIpc) is 3.45. The number of carbonyl (C=O) groups is 2. The third kappa shape index (κ3) is 6.98. The van der Waals surface area contributed by atoms with Gasteiger partial charge in [0.25, 0.3) is 5.91 Å². The van der Waals surface area contributed by atoms with Crippen LogP contribution in [0.4, 0.5) is 48.1 Å². The van der Waals surface area contributed by atoms with Crippen LogP contribution in [0, 0.1) is 12.7 Å². The number of ether oxygens (including phenoxy) is 1. The maximum Gasteiger partial charge on any atom is 0.490 e. The van der Waals surface area contributed by atoms with Gasteiger partial charge in [0.05, 0.1) is 38.6 Å². The molecule has 44 heavy (non-hydrogen) atoms. The summed E-state index contributed by atoms with van der Waals surface area (Å²) >= 11 is 6.33. The zero-order valence-corrected chi connectivity index (χ0v) is 23.6. The fourth-order valence-corrected chi connectivity index (χ4v) is 4.61. The maximum absolute atomic E-state index is 14.3. The standard InChI is InChI=1S/C26H21ClF4N4O2.C2HF3O2/c1-12-5-4-6-16(27)20(12)34-24-33-19-10-14(22-15(21(19)35-24)11-25(2,3)37-22)23(36)32-18-9-13(26(29,30)31)7-8-17(18)28;3-2(4,5)1(6)7/h4-10H,11H2,1-3H3,(H,32,36)(H2,33,34,35);(H,6,7). The number of benzene rings is 3. The van der Waals surface area contributed by atoms with Crippen molar-refractivity contribution in [1.29, 1.82) is 0 Å². The molecule has 4 aromatic rings. The summed E-state index contributed by atoms with van der Waals surface area (Å²) in [6, 6.07) is 8.76. The monoisotopic (exact) mass is 646 g/mol. The number of anilines is 3. The van der Waals surface area contributed by atoms with Gasteiger partial charge in [0, 0.05) is 12.0 Å². The summed E-state index contributed by atoms with van der Waals surface area (Å²) in [6.07, 6.45) is -9.35. The van der Waals surface area contributed by atoms with Gasteiger partial charge in [0.2, 0.25) is 5.95 Å². The Hall–Kier alpha value is -4.53. The Bertz CT molecular complexity index is 1750. The van der Waals surface area contributed by atoms with Crippen molar-refractivity contribution < 1.29 is 50.2 Å². The Labute approximate surface area is 249 Å². The first kappa shape index (κ1) is 32.4. The number of hydrogen-bond acceptors (Lipinski definition) is 5. The number of amides is 1. The Kier molecular flexibility index (Phi) is 8.48. The molecule has 234 valence electrons. The van der Waals surface area contributed by atoms with Crippen LogP contribution in [0.25, 0.3) is 11.0 Å². The van der Waals surface area contributed by atoms with E-state index in [1.807, 2.05) is 32.9 Å². The van der Waals surface area contributed by atoms with Gasteiger partial charge in [0.15, 0.2) is 0 Å². The minimum Gasteiger partial charge on any atom is -0.486 e. The second-order valence-electron chi connectivity index (χ2n) is 10.3. The number of aliphatic carboxylic acids is 1. The maximum atomic E-state index is 14.3. The van der Waals surface area contributed by atoms with Crippen LogP contribution >= 0.6 is 11.6 Å². The van der Waals surface area contributed by atoms with Crippen molar-refractivity contribution in [2.75, 3.05) is 10.6 Å². The molecule has 0 saturated heterocycles. The first-order valence-corrected chi connectivity index (χ1v) is 12.9. The summed E-state index contributed by atoms with van der Waals surface area (Å²) in [7, 11) is 0. The van der Waals surface area contributed by atoms with Crippen LogP contribution < -0.4 is 15.4 Å². The van der Waals surface area contributed by atoms with Gasteiger partial charge in [-0.15, -0.1) is 0 Å². The SMILES string of the molecule is Cc1cccc(Cl)c1Nc1nc2c3c(c(C(=O)Nc4cc(C(F)(F)F)ccc4F)cc2[nH]1)OC(C)(C)C3.O=C(O)C(F)(F)F. The number of rotatable bonds is 4. The number of nitrogens with zero attached hydrogens (tertiary/aromatic N) is 1. The number of nitrogens with one attached hydrogen (secondary N) is 3. The summed E-state index contributed by atoms with van der Waals surface area (Å²) in [5.41, 5.74) is 0.954. The Balaban J connectivity index is 0.000000566. The number of imidazole rings is 1. The highest BCUT2D eigenvalue weighted by molar-refractivity contribution is 6.33. The lowest BCUT2D eigenvalue weighted by Crippen LogP contribution is -2.25. The van der Waals surface area contributed by atoms with Gasteiger partial charge in [-0.2, -0.15) is 26.3 Å². The molecule has 16 heteroatoms. The normalized spacial score (nSPS) is 13.9. The average molecular weight is 647 g/mol. The Morgan fingerprint density at radius 1 is 1.09 bits per heavy atom. The highest BCUT2D eigenvalue weighted by Crippen LogP contribution is 2.43. The van der Waals surface area contributed by atoms with Crippen molar-refractivity contribution in [2.45, 2.75) is 45.1 Å². The van der Waals surface area contributed by atoms with E-state index in [1.165, 1.54) is 6.07 Å². The minimum absolute atomic E-state index is 0.0361. The van der Waals surface area contributed by atoms with E-state index in [0.717, 1.165) is 5.56 Å². The van der Waals surface area contributed by atoms with Crippen LogP contribution in [0.1, 0.15) is 40.9 Å². The largest absolute Gasteiger partial charge is 0.490 e. The summed E-state index contributed by atoms with van der Waals surface area (Å²) in [5, 5.41) is 13.0. The highest BCUT2D eigenvalue weighted by atomic mass is 35.5. The predicted octanol–water partition coefficient (Wildman–Crippen LogP) is 8.03. The summed E-state index contributed by atoms with van der Waals surface area (Å²) in [5.74, 6) is -3.95. The van der Waals surface area contributed by atoms with Gasteiger partial charge in [0.1, 0.15) is 17.2 Å². The number of H-pyrrole nitrogens is 1. The van der Waals surface area contributed by atoms with E-state index < -0.39 is 46.9 Å². The van der Waals surface area contributed by atoms with E-state index >= 15 is 0 Å². The van der Waals surface area contributed by atoms with E-state index in [0.29, 0.717) is 57.9 Å². The first-order chi connectivity index (χ1) is 20.3. The highest BCUT2D eigenvalue weighted by Gasteiger charge is 2.38. The topological polar surface area (TPSA) is 116 Å². The number of alkyl halides is 6. The molecule has 8 nitrogen and oxygen atoms in total. The molecule has 0 saturated carbocycles. The second-order valence-corrected chi connectivity index (χ2v) is 10.7. The lowest BCUT2D eigenvalue weighted by molar-refractivity contribution is -0.192. The summed E-state index contributed by atoms with van der Waals surface area (Å²) in [6.45, 7) is 5.57. The number of aromatic amines is 1. The van der Waals surface area contributed by atoms with Crippen LogP contribution in [0.2, 0.25) is 5.02 Å². The number of hydrogen-bond donors (Lipinski definition) is 4. The molecule has 4 N–H and O–H groups in total. The molecule has 2 heterocycles. The molecule has 1 aliphatic heterocycles. The number of carboxylic acid groups (broad SMARTS) is 1. The van der Waals surface area contributed by atoms with Gasteiger partial charge < -0.3 is 25.5 Å². The molecule has 0 spiro atoms. The van der Waals surface area contributed by atoms with Gasteiger partial charge in [-0.05, 0) is 56.7 Å². The van der Waals surface area contributed by atoms with Crippen LogP contribution in [0.15, 0.2) is 42.5 Å². The van der Waals surface area contributed by atoms with Crippen molar-refractivity contribution in [1.82, 2.24) is 9.97 Å². The lowest BCUT2D eigenvalue weighted by atomic mass is 9.98. The molecular formula is C28H22ClF7N4O4. The smallest absolute Gasteiger partial charge is 0.486 e. The van der Waals surface area contributed by atoms with Crippen molar-refractivity contribution >= 4 is 51.8 Å². The number of halogens is 8. The summed E-state index contributed by atoms with van der Waals surface area (Å²) in [4.78, 5) is 29.9. The van der Waals surface area contributed by atoms with Crippen molar-refractivity contribution in [2.24, 2.45) is 0 Å². The zero-order valence-electron chi connectivity index (χ0n) is 22.9. The molecule has 1 amide bonds. The van der Waals surface area contributed by atoms with Gasteiger partial charge in [-0.3, -0.25) is 4.79 Å². The van der Waals surface area contributed by atoms with Crippen LogP contribution in [0.3, 0.4) is 0 Å². The van der Waals surface area contributed by atoms with Crippen molar-refractivity contribution in [3.05, 3.63) is 75.6 Å². The summed E-state index contributed by atoms with van der Waals surface area (Å²) < 4.78 is 91.5. The molecule has 0 radical (unpaired) electrons. The molecule has 3 aromatic carbocycles. The molecule has 0 unspecified atom stereocenters. The molecule has 0 bridgehead atoms. The molecule has 1 aliphatic rings. The van der Waals surface area contributed by atoms with Gasteiger partial charge in [-0.25, -0.2) is 14.2 Å². The zero-order chi connectivity index (χ0) is 32.8. The molecule has 1 aromatic heterocycles. The third-order valence-corrected chi connectivity index (χ3v) is 6.62. The van der Waals surface area contributed by atoms with Crippen molar-refractivity contribution in [3.8, 4) is 5.75 Å². The minimum atomic E-state index is -5.08. The Morgan fingerprint density at radius 3 is 2.34 bits per heavy atom. The fourth-order valence-electron chi connectivity index (χ4n) is 4.34. The molecule has 5 rings (SSSR count).